The second kappa shape index (κ2) is 8.58. The summed E-state index contributed by atoms with van der Waals surface area (Å²) >= 11 is 1.33. The van der Waals surface area contributed by atoms with Crippen LogP contribution in [0, 0.1) is 11.3 Å². The van der Waals surface area contributed by atoms with E-state index in [2.05, 4.69) is 20.8 Å². The Hall–Kier alpha value is -4.08. The normalized spacial score (nSPS) is 12.8. The van der Waals surface area contributed by atoms with Crippen LogP contribution in [0.15, 0.2) is 63.3 Å². The van der Waals surface area contributed by atoms with Crippen molar-refractivity contribution in [1.82, 2.24) is 4.98 Å². The number of benzene rings is 2. The van der Waals surface area contributed by atoms with Gasteiger partial charge in [-0.2, -0.15) is 13.7 Å². The zero-order chi connectivity index (χ0) is 22.7. The summed E-state index contributed by atoms with van der Waals surface area (Å²) in [7, 11) is -3.97. The van der Waals surface area contributed by atoms with Gasteiger partial charge in [0.2, 0.25) is 12.8 Å². The lowest BCUT2D eigenvalue weighted by Crippen LogP contribution is -2.24. The number of sulfonamides is 1. The molecule has 0 spiro atoms. The first kappa shape index (κ1) is 21.2. The average molecular weight is 469 g/mol. The molecule has 0 amide bonds. The highest BCUT2D eigenvalue weighted by Gasteiger charge is 2.16. The summed E-state index contributed by atoms with van der Waals surface area (Å²) < 4.78 is 37.9. The lowest BCUT2D eigenvalue weighted by Gasteiger charge is -2.04. The first-order chi connectivity index (χ1) is 15.4. The van der Waals surface area contributed by atoms with Crippen molar-refractivity contribution in [2.75, 3.05) is 12.1 Å². The number of hydrogen-bond donors (Lipinski definition) is 3. The van der Waals surface area contributed by atoms with E-state index in [1.54, 1.807) is 0 Å². The van der Waals surface area contributed by atoms with Crippen molar-refractivity contribution in [3.8, 4) is 28.8 Å². The van der Waals surface area contributed by atoms with Gasteiger partial charge in [-0.15, -0.1) is 15.7 Å². The van der Waals surface area contributed by atoms with Gasteiger partial charge < -0.3 is 26.3 Å². The molecule has 0 atom stereocenters. The molecule has 32 heavy (non-hydrogen) atoms. The zero-order valence-corrected chi connectivity index (χ0v) is 18.0. The number of guanidine groups is 1. The molecule has 1 aliphatic rings. The molecule has 1 aliphatic heterocycles. The first-order valence-corrected chi connectivity index (χ1v) is 11.4. The number of nitrogens with one attached hydrogen (secondary N) is 1. The van der Waals surface area contributed by atoms with Crippen LogP contribution in [0.5, 0.6) is 11.5 Å². The van der Waals surface area contributed by atoms with Crippen LogP contribution in [0.3, 0.4) is 0 Å². The maximum atomic E-state index is 12.0. The van der Waals surface area contributed by atoms with E-state index in [-0.39, 0.29) is 11.7 Å². The Balaban J connectivity index is 1.51. The van der Waals surface area contributed by atoms with E-state index >= 15 is 0 Å². The molecule has 0 aliphatic carbocycles. The van der Waals surface area contributed by atoms with Gasteiger partial charge in [0.25, 0.3) is 10.0 Å². The summed E-state index contributed by atoms with van der Waals surface area (Å²) in [6.45, 7) is 0.190. The van der Waals surface area contributed by atoms with E-state index in [4.69, 9.17) is 20.9 Å². The molecule has 12 heteroatoms. The molecule has 0 radical (unpaired) electrons. The fraction of sp³-hybridized carbons (Fsp3) is 0.0500. The van der Waals surface area contributed by atoms with Crippen molar-refractivity contribution in [3.05, 3.63) is 59.1 Å². The number of anilines is 1. The molecule has 0 saturated heterocycles. The van der Waals surface area contributed by atoms with Gasteiger partial charge in [-0.25, -0.2) is 4.98 Å². The minimum absolute atomic E-state index is 0.0609. The average Bonchev–Trinajstić information content (AvgIpc) is 3.43. The molecule has 2 heterocycles. The standard InChI is InChI=1S/C20H16N6O4S2/c21-8-13(9-24-14-2-4-15(5-3-14)32(27,28)26-20(22)23)19-25-16(10-31-19)12-1-6-17-18(7-12)30-11-29-17/h1-7,9-10,24H,11H2,(H4,22,23,26). The maximum Gasteiger partial charge on any atom is 0.285 e. The quantitative estimate of drug-likeness (QED) is 0.280. The maximum absolute atomic E-state index is 12.0. The van der Waals surface area contributed by atoms with Crippen molar-refractivity contribution < 1.29 is 17.9 Å². The first-order valence-electron chi connectivity index (χ1n) is 9.04. The number of nitriles is 1. The third-order valence-electron chi connectivity index (χ3n) is 4.28. The van der Waals surface area contributed by atoms with Gasteiger partial charge in [0.05, 0.1) is 10.6 Å². The van der Waals surface area contributed by atoms with Crippen LogP contribution < -0.4 is 26.3 Å². The Labute approximate surface area is 187 Å². The Morgan fingerprint density at radius 2 is 1.94 bits per heavy atom. The highest BCUT2D eigenvalue weighted by Crippen LogP contribution is 2.36. The lowest BCUT2D eigenvalue weighted by molar-refractivity contribution is 0.174. The Kier molecular flexibility index (Phi) is 5.67. The Morgan fingerprint density at radius 3 is 2.66 bits per heavy atom. The lowest BCUT2D eigenvalue weighted by atomic mass is 10.1. The van der Waals surface area contributed by atoms with E-state index in [0.29, 0.717) is 33.5 Å². The second-order valence-corrected chi connectivity index (χ2v) is 8.90. The van der Waals surface area contributed by atoms with Crippen molar-refractivity contribution in [2.45, 2.75) is 4.90 Å². The van der Waals surface area contributed by atoms with Crippen molar-refractivity contribution in [1.29, 1.82) is 5.26 Å². The number of hydrogen-bond acceptors (Lipinski definition) is 8. The molecule has 2 aromatic carbocycles. The molecule has 10 nitrogen and oxygen atoms in total. The molecule has 162 valence electrons. The van der Waals surface area contributed by atoms with Gasteiger partial charge in [0, 0.05) is 22.8 Å². The monoisotopic (exact) mass is 468 g/mol. The molecule has 3 aromatic rings. The van der Waals surface area contributed by atoms with Gasteiger partial charge in [0.1, 0.15) is 16.6 Å². The number of fused-ring (bicyclic) bond motifs is 1. The van der Waals surface area contributed by atoms with Crippen LogP contribution in [-0.2, 0) is 10.0 Å². The van der Waals surface area contributed by atoms with Gasteiger partial charge in [-0.05, 0) is 42.5 Å². The third kappa shape index (κ3) is 4.48. The van der Waals surface area contributed by atoms with E-state index in [0.717, 1.165) is 5.56 Å². The Morgan fingerprint density at radius 1 is 1.19 bits per heavy atom. The van der Waals surface area contributed by atoms with Crippen molar-refractivity contribution in [3.63, 3.8) is 0 Å². The number of rotatable bonds is 6. The number of ether oxygens (including phenoxy) is 2. The van der Waals surface area contributed by atoms with Crippen molar-refractivity contribution >= 4 is 38.6 Å². The smallest absolute Gasteiger partial charge is 0.285 e. The predicted octanol–water partition coefficient (Wildman–Crippen LogP) is 2.48. The van der Waals surface area contributed by atoms with Gasteiger partial charge in [0.15, 0.2) is 11.5 Å². The molecule has 0 saturated carbocycles. The fourth-order valence-electron chi connectivity index (χ4n) is 2.80. The summed E-state index contributed by atoms with van der Waals surface area (Å²) in [4.78, 5) is 4.48. The summed E-state index contributed by atoms with van der Waals surface area (Å²) in [5.74, 6) is 0.792. The van der Waals surface area contributed by atoms with Gasteiger partial charge >= 0.3 is 0 Å². The topological polar surface area (TPSA) is 166 Å². The van der Waals surface area contributed by atoms with E-state index in [1.165, 1.54) is 41.8 Å². The highest BCUT2D eigenvalue weighted by atomic mass is 32.2. The molecular weight excluding hydrogens is 452 g/mol. The number of aromatic nitrogens is 1. The molecule has 1 aromatic heterocycles. The van der Waals surface area contributed by atoms with Crippen LogP contribution in [0.4, 0.5) is 5.69 Å². The van der Waals surface area contributed by atoms with Crippen LogP contribution in [0.1, 0.15) is 5.01 Å². The fourth-order valence-corrected chi connectivity index (χ4v) is 4.46. The van der Waals surface area contributed by atoms with E-state index in [1.807, 2.05) is 23.6 Å². The summed E-state index contributed by atoms with van der Waals surface area (Å²) in [5, 5.41) is 14.9. The van der Waals surface area contributed by atoms with Crippen LogP contribution in [0.25, 0.3) is 16.8 Å². The van der Waals surface area contributed by atoms with Gasteiger partial charge in [-0.3, -0.25) is 0 Å². The van der Waals surface area contributed by atoms with E-state index in [9.17, 15) is 13.7 Å². The summed E-state index contributed by atoms with van der Waals surface area (Å²) in [5.41, 5.74) is 12.7. The predicted molar refractivity (Wildman–Crippen MR) is 120 cm³/mol. The molecule has 0 bridgehead atoms. The number of thiazole rings is 1. The second-order valence-electron chi connectivity index (χ2n) is 6.44. The SMILES string of the molecule is N#CC(=CNc1ccc(S(=O)(=O)N=C(N)N)cc1)c1nc(-c2ccc3c(c2)OCO3)cs1. The molecule has 0 fully saturated rings. The number of allylic oxidation sites excluding steroid dienone is 1. The van der Waals surface area contributed by atoms with Crippen molar-refractivity contribution in [2.24, 2.45) is 15.9 Å². The molecule has 5 N–H and O–H groups in total. The molecule has 0 unspecified atom stereocenters. The largest absolute Gasteiger partial charge is 0.454 e. The minimum Gasteiger partial charge on any atom is -0.454 e. The molecular formula is C20H16N6O4S2. The summed E-state index contributed by atoms with van der Waals surface area (Å²) in [6.07, 6.45) is 1.50. The molecule has 4 rings (SSSR count). The number of nitrogens with zero attached hydrogens (tertiary/aromatic N) is 3. The summed E-state index contributed by atoms with van der Waals surface area (Å²) in [6, 6.07) is 13.4. The van der Waals surface area contributed by atoms with Gasteiger partial charge in [-0.1, -0.05) is 0 Å². The van der Waals surface area contributed by atoms with Crippen LogP contribution in [0.2, 0.25) is 0 Å². The third-order valence-corrected chi connectivity index (χ3v) is 6.48. The highest BCUT2D eigenvalue weighted by molar-refractivity contribution is 7.90. The number of nitrogens with two attached hydrogens (primary N) is 2. The Bertz CT molecular complexity index is 1370. The van der Waals surface area contributed by atoms with Crippen LogP contribution in [-0.4, -0.2) is 26.2 Å². The zero-order valence-electron chi connectivity index (χ0n) is 16.3. The van der Waals surface area contributed by atoms with Crippen LogP contribution >= 0.6 is 11.3 Å². The minimum atomic E-state index is -3.97. The van der Waals surface area contributed by atoms with E-state index < -0.39 is 16.0 Å².